The summed E-state index contributed by atoms with van der Waals surface area (Å²) in [5.41, 5.74) is 1.52. The van der Waals surface area contributed by atoms with Crippen molar-refractivity contribution in [2.75, 3.05) is 12.4 Å². The molecule has 0 aromatic heterocycles. The van der Waals surface area contributed by atoms with Gasteiger partial charge in [-0.3, -0.25) is 0 Å². The van der Waals surface area contributed by atoms with Crippen LogP contribution in [0.4, 0.5) is 10.1 Å². The minimum atomic E-state index is -0.266. The Labute approximate surface area is 120 Å². The van der Waals surface area contributed by atoms with E-state index in [9.17, 15) is 4.39 Å². The standard InChI is InChI=1S/C15H15BrFNO/c1-10(11-4-3-5-13(8-11)19-2)18-15-9-12(16)6-7-14(15)17/h3-10,18H,1-2H3. The van der Waals surface area contributed by atoms with E-state index in [2.05, 4.69) is 21.2 Å². The monoisotopic (exact) mass is 323 g/mol. The molecular weight excluding hydrogens is 309 g/mol. The summed E-state index contributed by atoms with van der Waals surface area (Å²) >= 11 is 3.34. The van der Waals surface area contributed by atoms with Crippen molar-refractivity contribution >= 4 is 21.6 Å². The molecule has 1 N–H and O–H groups in total. The van der Waals surface area contributed by atoms with Gasteiger partial charge in [0.2, 0.25) is 0 Å². The molecule has 0 saturated heterocycles. The van der Waals surface area contributed by atoms with E-state index in [1.807, 2.05) is 31.2 Å². The molecule has 0 amide bonds. The quantitative estimate of drug-likeness (QED) is 0.875. The van der Waals surface area contributed by atoms with Crippen LogP contribution in [-0.4, -0.2) is 7.11 Å². The normalized spacial score (nSPS) is 12.0. The zero-order chi connectivity index (χ0) is 13.8. The van der Waals surface area contributed by atoms with Crippen LogP contribution >= 0.6 is 15.9 Å². The third kappa shape index (κ3) is 3.47. The summed E-state index contributed by atoms with van der Waals surface area (Å²) in [6, 6.07) is 12.6. The van der Waals surface area contributed by atoms with E-state index in [-0.39, 0.29) is 11.9 Å². The molecule has 0 bridgehead atoms. The molecule has 1 atom stereocenters. The Kier molecular flexibility index (Phi) is 4.43. The predicted octanol–water partition coefficient (Wildman–Crippen LogP) is 4.77. The van der Waals surface area contributed by atoms with Gasteiger partial charge in [0.25, 0.3) is 0 Å². The lowest BCUT2D eigenvalue weighted by Gasteiger charge is -2.17. The summed E-state index contributed by atoms with van der Waals surface area (Å²) in [6.45, 7) is 1.98. The van der Waals surface area contributed by atoms with Crippen molar-refractivity contribution in [3.8, 4) is 5.75 Å². The van der Waals surface area contributed by atoms with Crippen molar-refractivity contribution in [2.45, 2.75) is 13.0 Å². The number of methoxy groups -OCH3 is 1. The molecule has 19 heavy (non-hydrogen) atoms. The molecule has 0 heterocycles. The Morgan fingerprint density at radius 1 is 1.21 bits per heavy atom. The summed E-state index contributed by atoms with van der Waals surface area (Å²) < 4.78 is 19.7. The third-order valence-corrected chi connectivity index (χ3v) is 3.39. The second kappa shape index (κ2) is 6.06. The van der Waals surface area contributed by atoms with Crippen LogP contribution in [0.15, 0.2) is 46.9 Å². The van der Waals surface area contributed by atoms with Crippen LogP contribution in [0.1, 0.15) is 18.5 Å². The van der Waals surface area contributed by atoms with Crippen LogP contribution in [0.2, 0.25) is 0 Å². The van der Waals surface area contributed by atoms with Gasteiger partial charge in [0.05, 0.1) is 12.8 Å². The number of nitrogens with one attached hydrogen (secondary N) is 1. The van der Waals surface area contributed by atoms with Gasteiger partial charge in [-0.15, -0.1) is 0 Å². The molecule has 2 rings (SSSR count). The first-order chi connectivity index (χ1) is 9.10. The first-order valence-electron chi connectivity index (χ1n) is 5.95. The van der Waals surface area contributed by atoms with Crippen LogP contribution < -0.4 is 10.1 Å². The number of rotatable bonds is 4. The Hall–Kier alpha value is -1.55. The highest BCUT2D eigenvalue weighted by atomic mass is 79.9. The first kappa shape index (κ1) is 13.9. The van der Waals surface area contributed by atoms with Crippen LogP contribution in [-0.2, 0) is 0 Å². The van der Waals surface area contributed by atoms with Crippen LogP contribution in [0.25, 0.3) is 0 Å². The fraction of sp³-hybridized carbons (Fsp3) is 0.200. The molecule has 2 aromatic rings. The van der Waals surface area contributed by atoms with Gasteiger partial charge in [-0.1, -0.05) is 28.1 Å². The molecule has 0 aliphatic heterocycles. The van der Waals surface area contributed by atoms with Crippen molar-refractivity contribution in [3.63, 3.8) is 0 Å². The number of anilines is 1. The topological polar surface area (TPSA) is 21.3 Å². The number of benzene rings is 2. The molecule has 0 fully saturated rings. The fourth-order valence-corrected chi connectivity index (χ4v) is 2.20. The highest BCUT2D eigenvalue weighted by molar-refractivity contribution is 9.10. The van der Waals surface area contributed by atoms with Gasteiger partial charge >= 0.3 is 0 Å². The smallest absolute Gasteiger partial charge is 0.146 e. The Morgan fingerprint density at radius 3 is 2.74 bits per heavy atom. The zero-order valence-electron chi connectivity index (χ0n) is 10.8. The summed E-state index contributed by atoms with van der Waals surface area (Å²) in [5, 5.41) is 3.16. The third-order valence-electron chi connectivity index (χ3n) is 2.89. The molecular formula is C15H15BrFNO. The SMILES string of the molecule is COc1cccc(C(C)Nc2cc(Br)ccc2F)c1. The molecule has 2 aromatic carbocycles. The minimum Gasteiger partial charge on any atom is -0.497 e. The van der Waals surface area contributed by atoms with Gasteiger partial charge in [0.15, 0.2) is 0 Å². The van der Waals surface area contributed by atoms with E-state index in [1.165, 1.54) is 6.07 Å². The minimum absolute atomic E-state index is 0.0149. The summed E-state index contributed by atoms with van der Waals surface area (Å²) in [6.07, 6.45) is 0. The highest BCUT2D eigenvalue weighted by Crippen LogP contribution is 2.26. The van der Waals surface area contributed by atoms with E-state index in [4.69, 9.17) is 4.74 Å². The van der Waals surface area contributed by atoms with E-state index in [1.54, 1.807) is 19.2 Å². The second-order valence-corrected chi connectivity index (χ2v) is 5.18. The number of hydrogen-bond acceptors (Lipinski definition) is 2. The second-order valence-electron chi connectivity index (χ2n) is 4.27. The van der Waals surface area contributed by atoms with Crippen molar-refractivity contribution in [1.29, 1.82) is 0 Å². The van der Waals surface area contributed by atoms with E-state index in [0.717, 1.165) is 15.8 Å². The molecule has 4 heteroatoms. The molecule has 1 unspecified atom stereocenters. The predicted molar refractivity (Wildman–Crippen MR) is 79.1 cm³/mol. The largest absolute Gasteiger partial charge is 0.497 e. The van der Waals surface area contributed by atoms with Gasteiger partial charge in [-0.05, 0) is 42.8 Å². The van der Waals surface area contributed by atoms with Crippen LogP contribution in [0, 0.1) is 5.82 Å². The average molecular weight is 324 g/mol. The molecule has 0 spiro atoms. The van der Waals surface area contributed by atoms with E-state index >= 15 is 0 Å². The van der Waals surface area contributed by atoms with Crippen molar-refractivity contribution in [1.82, 2.24) is 0 Å². The lowest BCUT2D eigenvalue weighted by Crippen LogP contribution is -2.08. The molecule has 0 aliphatic rings. The summed E-state index contributed by atoms with van der Waals surface area (Å²) in [4.78, 5) is 0. The van der Waals surface area contributed by atoms with Crippen molar-refractivity contribution in [3.05, 3.63) is 58.3 Å². The number of halogens is 2. The van der Waals surface area contributed by atoms with Gasteiger partial charge in [0.1, 0.15) is 11.6 Å². The van der Waals surface area contributed by atoms with Crippen molar-refractivity contribution in [2.24, 2.45) is 0 Å². The van der Waals surface area contributed by atoms with E-state index < -0.39 is 0 Å². The van der Waals surface area contributed by atoms with Crippen LogP contribution in [0.3, 0.4) is 0 Å². The zero-order valence-corrected chi connectivity index (χ0v) is 12.4. The first-order valence-corrected chi connectivity index (χ1v) is 6.75. The Bertz CT molecular complexity index is 574. The van der Waals surface area contributed by atoms with Crippen LogP contribution in [0.5, 0.6) is 5.75 Å². The molecule has 0 radical (unpaired) electrons. The molecule has 100 valence electrons. The number of hydrogen-bond donors (Lipinski definition) is 1. The molecule has 0 saturated carbocycles. The summed E-state index contributed by atoms with van der Waals surface area (Å²) in [5.74, 6) is 0.527. The van der Waals surface area contributed by atoms with Gasteiger partial charge in [-0.2, -0.15) is 0 Å². The van der Waals surface area contributed by atoms with E-state index in [0.29, 0.717) is 5.69 Å². The summed E-state index contributed by atoms with van der Waals surface area (Å²) in [7, 11) is 1.63. The van der Waals surface area contributed by atoms with Gasteiger partial charge in [0, 0.05) is 10.5 Å². The fourth-order valence-electron chi connectivity index (χ4n) is 1.84. The maximum atomic E-state index is 13.7. The highest BCUT2D eigenvalue weighted by Gasteiger charge is 2.09. The number of ether oxygens (including phenoxy) is 1. The molecule has 0 aliphatic carbocycles. The maximum Gasteiger partial charge on any atom is 0.146 e. The van der Waals surface area contributed by atoms with Gasteiger partial charge in [-0.25, -0.2) is 4.39 Å². The lowest BCUT2D eigenvalue weighted by atomic mass is 10.1. The molecule has 2 nitrogen and oxygen atoms in total. The average Bonchev–Trinajstić information content (AvgIpc) is 2.43. The Morgan fingerprint density at radius 2 is 2.00 bits per heavy atom. The van der Waals surface area contributed by atoms with Gasteiger partial charge < -0.3 is 10.1 Å². The Balaban J connectivity index is 2.20. The lowest BCUT2D eigenvalue weighted by molar-refractivity contribution is 0.414. The maximum absolute atomic E-state index is 13.7. The van der Waals surface area contributed by atoms with Crippen molar-refractivity contribution < 1.29 is 9.13 Å².